The zero-order chi connectivity index (χ0) is 14.0. The van der Waals surface area contributed by atoms with E-state index in [1.54, 1.807) is 12.1 Å². The van der Waals surface area contributed by atoms with E-state index in [-0.39, 0.29) is 12.2 Å². The second kappa shape index (κ2) is 5.46. The molecule has 19 heavy (non-hydrogen) atoms. The summed E-state index contributed by atoms with van der Waals surface area (Å²) in [6.45, 7) is 0.0352. The normalized spacial score (nSPS) is 11.7. The predicted octanol–water partition coefficient (Wildman–Crippen LogP) is 2.60. The summed E-state index contributed by atoms with van der Waals surface area (Å²) in [7, 11) is -4.00. The summed E-state index contributed by atoms with van der Waals surface area (Å²) in [4.78, 5) is 0.195. The van der Waals surface area contributed by atoms with E-state index in [2.05, 4.69) is 4.72 Å². The van der Waals surface area contributed by atoms with Gasteiger partial charge in [0.05, 0.1) is 10.0 Å². The average Bonchev–Trinajstić information content (AvgIpc) is 2.72. The summed E-state index contributed by atoms with van der Waals surface area (Å²) >= 11 is 6.98. The van der Waals surface area contributed by atoms with Crippen LogP contribution in [0, 0.1) is 5.82 Å². The number of rotatable bonds is 4. The molecule has 0 fully saturated rings. The highest BCUT2D eigenvalue weighted by molar-refractivity contribution is 7.89. The second-order valence-electron chi connectivity index (χ2n) is 3.69. The van der Waals surface area contributed by atoms with E-state index < -0.39 is 20.7 Å². The molecule has 0 bridgehead atoms. The monoisotopic (exact) mass is 320 g/mol. The molecule has 0 saturated heterocycles. The summed E-state index contributed by atoms with van der Waals surface area (Å²) in [6, 6.07) is 7.09. The Morgan fingerprint density at radius 3 is 2.63 bits per heavy atom. The molecule has 0 aliphatic carbocycles. The van der Waals surface area contributed by atoms with Crippen LogP contribution in [0.4, 0.5) is 10.1 Å². The molecule has 3 N–H and O–H groups in total. The Morgan fingerprint density at radius 1 is 1.32 bits per heavy atom. The van der Waals surface area contributed by atoms with Crippen LogP contribution in [0.5, 0.6) is 0 Å². The highest BCUT2D eigenvalue weighted by Gasteiger charge is 2.21. The van der Waals surface area contributed by atoms with E-state index in [9.17, 15) is 12.8 Å². The van der Waals surface area contributed by atoms with Crippen molar-refractivity contribution in [2.45, 2.75) is 11.4 Å². The third-order valence-corrected chi connectivity index (χ3v) is 5.06. The number of hydrogen-bond donors (Lipinski definition) is 2. The molecule has 1 aromatic heterocycles. The van der Waals surface area contributed by atoms with Crippen LogP contribution in [0.15, 0.2) is 35.2 Å². The van der Waals surface area contributed by atoms with Crippen molar-refractivity contribution in [2.24, 2.45) is 0 Å². The molecule has 0 spiro atoms. The third kappa shape index (κ3) is 3.24. The molecule has 0 saturated carbocycles. The van der Waals surface area contributed by atoms with E-state index in [0.29, 0.717) is 4.34 Å². The molecule has 0 aliphatic heterocycles. The maximum Gasteiger partial charge on any atom is 0.245 e. The van der Waals surface area contributed by atoms with Crippen molar-refractivity contribution in [1.29, 1.82) is 0 Å². The molecular weight excluding hydrogens is 311 g/mol. The molecule has 8 heteroatoms. The lowest BCUT2D eigenvalue weighted by Crippen LogP contribution is -2.24. The van der Waals surface area contributed by atoms with Gasteiger partial charge < -0.3 is 5.73 Å². The largest absolute Gasteiger partial charge is 0.398 e. The Kier molecular flexibility index (Phi) is 4.10. The molecule has 0 radical (unpaired) electrons. The van der Waals surface area contributed by atoms with Crippen LogP contribution in [-0.2, 0) is 16.6 Å². The Bertz CT molecular complexity index is 680. The summed E-state index contributed by atoms with van der Waals surface area (Å²) in [5.41, 5.74) is 5.37. The van der Waals surface area contributed by atoms with Gasteiger partial charge >= 0.3 is 0 Å². The first-order valence-electron chi connectivity index (χ1n) is 5.18. The zero-order valence-corrected chi connectivity index (χ0v) is 11.9. The van der Waals surface area contributed by atoms with Gasteiger partial charge in [0.25, 0.3) is 0 Å². The summed E-state index contributed by atoms with van der Waals surface area (Å²) in [5.74, 6) is -0.878. The first kappa shape index (κ1) is 14.3. The number of anilines is 1. The minimum Gasteiger partial charge on any atom is -0.398 e. The van der Waals surface area contributed by atoms with Gasteiger partial charge in [-0.3, -0.25) is 0 Å². The van der Waals surface area contributed by atoms with Gasteiger partial charge in [-0.25, -0.2) is 17.5 Å². The zero-order valence-electron chi connectivity index (χ0n) is 9.56. The number of thiophene rings is 1. The molecule has 2 rings (SSSR count). The first-order chi connectivity index (χ1) is 8.90. The number of hydrogen-bond acceptors (Lipinski definition) is 4. The Morgan fingerprint density at radius 2 is 2.05 bits per heavy atom. The van der Waals surface area contributed by atoms with E-state index in [4.69, 9.17) is 17.3 Å². The number of halogens is 2. The SMILES string of the molecule is Nc1cccc(F)c1S(=O)(=O)NCc1ccc(Cl)s1. The van der Waals surface area contributed by atoms with Gasteiger partial charge in [0, 0.05) is 11.4 Å². The smallest absolute Gasteiger partial charge is 0.245 e. The first-order valence-corrected chi connectivity index (χ1v) is 7.86. The van der Waals surface area contributed by atoms with Gasteiger partial charge in [-0.05, 0) is 24.3 Å². The van der Waals surface area contributed by atoms with Crippen molar-refractivity contribution in [3.8, 4) is 0 Å². The van der Waals surface area contributed by atoms with Crippen LogP contribution in [0.2, 0.25) is 4.34 Å². The van der Waals surface area contributed by atoms with E-state index in [1.807, 2.05) is 0 Å². The molecule has 4 nitrogen and oxygen atoms in total. The number of nitrogens with one attached hydrogen (secondary N) is 1. The van der Waals surface area contributed by atoms with Crippen LogP contribution < -0.4 is 10.5 Å². The maximum atomic E-state index is 13.6. The Hall–Kier alpha value is -1.15. The van der Waals surface area contributed by atoms with Crippen LogP contribution in [-0.4, -0.2) is 8.42 Å². The van der Waals surface area contributed by atoms with Gasteiger partial charge in [0.15, 0.2) is 0 Å². The molecule has 0 aliphatic rings. The molecular formula is C11H10ClFN2O2S2. The molecule has 102 valence electrons. The van der Waals surface area contributed by atoms with Crippen molar-refractivity contribution in [2.75, 3.05) is 5.73 Å². The topological polar surface area (TPSA) is 72.2 Å². The highest BCUT2D eigenvalue weighted by Crippen LogP contribution is 2.24. The minimum atomic E-state index is -4.00. The lowest BCUT2D eigenvalue weighted by molar-refractivity contribution is 0.558. The van der Waals surface area contributed by atoms with Crippen LogP contribution in [0.3, 0.4) is 0 Å². The Labute approximate surface area is 119 Å². The van der Waals surface area contributed by atoms with Gasteiger partial charge in [-0.2, -0.15) is 0 Å². The molecule has 2 aromatic rings. The Balaban J connectivity index is 2.23. The molecule has 1 heterocycles. The van der Waals surface area contributed by atoms with E-state index in [1.165, 1.54) is 23.5 Å². The van der Waals surface area contributed by atoms with Gasteiger partial charge in [0.2, 0.25) is 10.0 Å². The standard InChI is InChI=1S/C11H10ClFN2O2S2/c12-10-5-4-7(18-10)6-15-19(16,17)11-8(13)2-1-3-9(11)14/h1-5,15H,6,14H2. The average molecular weight is 321 g/mol. The van der Waals surface area contributed by atoms with E-state index in [0.717, 1.165) is 10.9 Å². The molecule has 0 amide bonds. The van der Waals surface area contributed by atoms with Crippen LogP contribution in [0.1, 0.15) is 4.88 Å². The minimum absolute atomic E-state index is 0.0352. The van der Waals surface area contributed by atoms with Gasteiger partial charge in [0.1, 0.15) is 10.7 Å². The fraction of sp³-hybridized carbons (Fsp3) is 0.0909. The lowest BCUT2D eigenvalue weighted by atomic mass is 10.3. The predicted molar refractivity (Wildman–Crippen MR) is 74.2 cm³/mol. The summed E-state index contributed by atoms with van der Waals surface area (Å²) in [6.07, 6.45) is 0. The second-order valence-corrected chi connectivity index (χ2v) is 7.19. The summed E-state index contributed by atoms with van der Waals surface area (Å²) in [5, 5.41) is 0. The quantitative estimate of drug-likeness (QED) is 0.851. The number of nitrogens with two attached hydrogens (primary N) is 1. The van der Waals surface area contributed by atoms with Gasteiger partial charge in [-0.15, -0.1) is 11.3 Å². The van der Waals surface area contributed by atoms with Crippen molar-refractivity contribution in [3.63, 3.8) is 0 Å². The third-order valence-electron chi connectivity index (χ3n) is 2.33. The number of benzene rings is 1. The van der Waals surface area contributed by atoms with Gasteiger partial charge in [-0.1, -0.05) is 17.7 Å². The maximum absolute atomic E-state index is 13.6. The van der Waals surface area contributed by atoms with Crippen LogP contribution >= 0.6 is 22.9 Å². The van der Waals surface area contributed by atoms with Crippen molar-refractivity contribution < 1.29 is 12.8 Å². The fourth-order valence-corrected chi connectivity index (χ4v) is 3.81. The fourth-order valence-electron chi connectivity index (χ4n) is 1.49. The van der Waals surface area contributed by atoms with Crippen LogP contribution in [0.25, 0.3) is 0 Å². The number of nitrogen functional groups attached to an aromatic ring is 1. The molecule has 1 aromatic carbocycles. The number of sulfonamides is 1. The summed E-state index contributed by atoms with van der Waals surface area (Å²) < 4.78 is 40.4. The van der Waals surface area contributed by atoms with Crippen molar-refractivity contribution in [3.05, 3.63) is 45.4 Å². The highest BCUT2D eigenvalue weighted by atomic mass is 35.5. The molecule has 0 unspecified atom stereocenters. The van der Waals surface area contributed by atoms with Crippen molar-refractivity contribution in [1.82, 2.24) is 4.72 Å². The molecule has 0 atom stereocenters. The van der Waals surface area contributed by atoms with E-state index >= 15 is 0 Å². The lowest BCUT2D eigenvalue weighted by Gasteiger charge is -2.09. The van der Waals surface area contributed by atoms with Crippen molar-refractivity contribution >= 4 is 38.6 Å².